The number of thiazole rings is 1. The lowest BCUT2D eigenvalue weighted by atomic mass is 9.93. The van der Waals surface area contributed by atoms with Gasteiger partial charge in [-0.15, -0.1) is 6.42 Å². The van der Waals surface area contributed by atoms with Crippen molar-refractivity contribution in [2.24, 2.45) is 4.99 Å². The van der Waals surface area contributed by atoms with Crippen LogP contribution in [0.4, 0.5) is 0 Å². The van der Waals surface area contributed by atoms with Crippen LogP contribution in [-0.2, 0) is 9.53 Å². The van der Waals surface area contributed by atoms with Crippen molar-refractivity contribution in [3.05, 3.63) is 88.5 Å². The van der Waals surface area contributed by atoms with Crippen molar-refractivity contribution < 1.29 is 19.0 Å². The van der Waals surface area contributed by atoms with E-state index in [0.717, 1.165) is 11.1 Å². The van der Waals surface area contributed by atoms with E-state index in [1.165, 1.54) is 24.0 Å². The second-order valence-electron chi connectivity index (χ2n) is 9.15. The number of methoxy groups -OCH3 is 1. The molecule has 2 heterocycles. The van der Waals surface area contributed by atoms with Crippen LogP contribution in [0.25, 0.3) is 6.08 Å². The molecule has 0 saturated carbocycles. The first kappa shape index (κ1) is 28.4. The highest BCUT2D eigenvalue weighted by Crippen LogP contribution is 2.37. The van der Waals surface area contributed by atoms with Gasteiger partial charge < -0.3 is 14.2 Å². The minimum Gasteiger partial charge on any atom is -0.493 e. The number of hydrogen-bond donors (Lipinski definition) is 0. The molecular formula is C30H29BrN2O5S. The van der Waals surface area contributed by atoms with Crippen LogP contribution in [0.2, 0.25) is 0 Å². The molecule has 0 saturated heterocycles. The molecule has 39 heavy (non-hydrogen) atoms. The van der Waals surface area contributed by atoms with Gasteiger partial charge in [0.05, 0.1) is 40.0 Å². The zero-order valence-corrected chi connectivity index (χ0v) is 24.8. The smallest absolute Gasteiger partial charge is 0.338 e. The van der Waals surface area contributed by atoms with Crippen LogP contribution in [0.1, 0.15) is 56.3 Å². The van der Waals surface area contributed by atoms with Gasteiger partial charge in [0.25, 0.3) is 5.56 Å². The molecule has 0 spiro atoms. The molecule has 1 aromatic heterocycles. The highest BCUT2D eigenvalue weighted by Gasteiger charge is 2.33. The normalized spacial score (nSPS) is 15.0. The third kappa shape index (κ3) is 5.72. The van der Waals surface area contributed by atoms with Gasteiger partial charge in [0.1, 0.15) is 6.61 Å². The van der Waals surface area contributed by atoms with E-state index < -0.39 is 12.0 Å². The molecule has 7 nitrogen and oxygen atoms in total. The molecule has 4 rings (SSSR count). The lowest BCUT2D eigenvalue weighted by molar-refractivity contribution is -0.139. The molecule has 1 atom stereocenters. The molecule has 0 fully saturated rings. The molecule has 0 aliphatic carbocycles. The summed E-state index contributed by atoms with van der Waals surface area (Å²) in [7, 11) is 1.53. The zero-order chi connectivity index (χ0) is 28.3. The van der Waals surface area contributed by atoms with E-state index in [2.05, 4.69) is 40.7 Å². The molecule has 202 valence electrons. The number of nitrogens with zero attached hydrogens (tertiary/aromatic N) is 2. The van der Waals surface area contributed by atoms with Crippen molar-refractivity contribution in [3.8, 4) is 23.8 Å². The molecule has 9 heteroatoms. The van der Waals surface area contributed by atoms with E-state index in [9.17, 15) is 9.59 Å². The first-order chi connectivity index (χ1) is 18.7. The first-order valence-electron chi connectivity index (χ1n) is 12.4. The number of carbonyl (C=O) groups is 1. The van der Waals surface area contributed by atoms with Gasteiger partial charge in [-0.1, -0.05) is 55.4 Å². The summed E-state index contributed by atoms with van der Waals surface area (Å²) in [6, 6.07) is 10.9. The van der Waals surface area contributed by atoms with Crippen LogP contribution < -0.4 is 24.4 Å². The topological polar surface area (TPSA) is 79.1 Å². The maximum absolute atomic E-state index is 13.9. The fourth-order valence-electron chi connectivity index (χ4n) is 4.40. The summed E-state index contributed by atoms with van der Waals surface area (Å²) in [6.45, 7) is 8.07. The second-order valence-corrected chi connectivity index (χ2v) is 11.0. The maximum Gasteiger partial charge on any atom is 0.338 e. The van der Waals surface area contributed by atoms with Gasteiger partial charge in [0.15, 0.2) is 16.3 Å². The molecule has 1 aliphatic rings. The number of aromatic nitrogens is 1. The van der Waals surface area contributed by atoms with Crippen molar-refractivity contribution in [2.75, 3.05) is 20.3 Å². The van der Waals surface area contributed by atoms with Gasteiger partial charge in [0, 0.05) is 0 Å². The summed E-state index contributed by atoms with van der Waals surface area (Å²) in [5.41, 5.74) is 3.32. The van der Waals surface area contributed by atoms with Crippen molar-refractivity contribution in [3.63, 3.8) is 0 Å². The standard InChI is InChI=1S/C30H29BrN2O5S/c1-7-13-38-27-22(31)14-19(15-23(27)36-6)16-24-28(34)33-26(21-11-9-20(10-12-21)17(3)4)25(29(35)37-8-2)18(5)32-30(33)39-24/h1,9-12,14-17,26H,8,13H2,2-6H3/b24-16+. The Labute approximate surface area is 239 Å². The summed E-state index contributed by atoms with van der Waals surface area (Å²) >= 11 is 4.77. The van der Waals surface area contributed by atoms with E-state index >= 15 is 0 Å². The van der Waals surface area contributed by atoms with E-state index in [1.807, 2.05) is 30.3 Å². The van der Waals surface area contributed by atoms with Gasteiger partial charge in [-0.3, -0.25) is 9.36 Å². The average molecular weight is 610 g/mol. The Morgan fingerprint density at radius 3 is 2.62 bits per heavy atom. The van der Waals surface area contributed by atoms with E-state index in [4.69, 9.17) is 20.6 Å². The molecule has 1 unspecified atom stereocenters. The largest absolute Gasteiger partial charge is 0.493 e. The number of terminal acetylenes is 1. The summed E-state index contributed by atoms with van der Waals surface area (Å²) in [5, 5.41) is 0. The molecular weight excluding hydrogens is 580 g/mol. The number of halogens is 1. The van der Waals surface area contributed by atoms with Gasteiger partial charge in [-0.2, -0.15) is 0 Å². The zero-order valence-electron chi connectivity index (χ0n) is 22.4. The van der Waals surface area contributed by atoms with Crippen molar-refractivity contribution in [2.45, 2.75) is 39.7 Å². The molecule has 0 amide bonds. The second kappa shape index (κ2) is 12.1. The Bertz CT molecular complexity index is 1660. The average Bonchev–Trinajstić information content (AvgIpc) is 3.21. The lowest BCUT2D eigenvalue weighted by Crippen LogP contribution is -2.39. The summed E-state index contributed by atoms with van der Waals surface area (Å²) in [4.78, 5) is 32.1. The molecule has 0 radical (unpaired) electrons. The van der Waals surface area contributed by atoms with E-state index in [1.54, 1.807) is 30.6 Å². The quantitative estimate of drug-likeness (QED) is 0.273. The van der Waals surface area contributed by atoms with Gasteiger partial charge in [-0.05, 0) is 70.6 Å². The minimum atomic E-state index is -0.663. The predicted molar refractivity (Wildman–Crippen MR) is 156 cm³/mol. The van der Waals surface area contributed by atoms with E-state index in [0.29, 0.717) is 42.5 Å². The third-order valence-electron chi connectivity index (χ3n) is 6.29. The number of hydrogen-bond acceptors (Lipinski definition) is 7. The minimum absolute atomic E-state index is 0.0905. The highest BCUT2D eigenvalue weighted by atomic mass is 79.9. The van der Waals surface area contributed by atoms with Crippen LogP contribution in [-0.4, -0.2) is 30.9 Å². The summed E-state index contributed by atoms with van der Waals surface area (Å²) in [6.07, 6.45) is 7.10. The predicted octanol–water partition coefficient (Wildman–Crippen LogP) is 4.70. The number of carbonyl (C=O) groups excluding carboxylic acids is 1. The number of benzene rings is 2. The van der Waals surface area contributed by atoms with Crippen molar-refractivity contribution in [1.29, 1.82) is 0 Å². The van der Waals surface area contributed by atoms with Crippen LogP contribution in [0, 0.1) is 12.3 Å². The number of ether oxygens (including phenoxy) is 3. The fraction of sp³-hybridized carbons (Fsp3) is 0.300. The van der Waals surface area contributed by atoms with Crippen LogP contribution in [0.5, 0.6) is 11.5 Å². The number of esters is 1. The van der Waals surface area contributed by atoms with Crippen LogP contribution in [0.15, 0.2) is 61.9 Å². The Morgan fingerprint density at radius 2 is 2.00 bits per heavy atom. The molecule has 0 N–H and O–H groups in total. The molecule has 3 aromatic rings. The third-order valence-corrected chi connectivity index (χ3v) is 7.86. The molecule has 2 aromatic carbocycles. The number of fused-ring (bicyclic) bond motifs is 1. The maximum atomic E-state index is 13.9. The number of allylic oxidation sites excluding steroid dienone is 1. The lowest BCUT2D eigenvalue weighted by Gasteiger charge is -2.25. The van der Waals surface area contributed by atoms with Crippen LogP contribution in [0.3, 0.4) is 0 Å². The summed E-state index contributed by atoms with van der Waals surface area (Å²) in [5.74, 6) is 3.26. The first-order valence-corrected chi connectivity index (χ1v) is 14.0. The number of rotatable bonds is 8. The Balaban J connectivity index is 1.90. The van der Waals surface area contributed by atoms with Gasteiger partial charge in [-0.25, -0.2) is 9.79 Å². The fourth-order valence-corrected chi connectivity index (χ4v) is 6.02. The van der Waals surface area contributed by atoms with Crippen molar-refractivity contribution in [1.82, 2.24) is 4.57 Å². The SMILES string of the molecule is C#CCOc1c(Br)cc(/C=c2/sc3n(c2=O)C(c2ccc(C(C)C)cc2)C(C(=O)OCC)=C(C)N=3)cc1OC. The summed E-state index contributed by atoms with van der Waals surface area (Å²) < 4.78 is 19.2. The Hall–Kier alpha value is -3.61. The highest BCUT2D eigenvalue weighted by molar-refractivity contribution is 9.10. The van der Waals surface area contributed by atoms with Crippen molar-refractivity contribution >= 4 is 39.3 Å². The van der Waals surface area contributed by atoms with E-state index in [-0.39, 0.29) is 18.8 Å². The van der Waals surface area contributed by atoms with Gasteiger partial charge >= 0.3 is 5.97 Å². The Kier molecular flexibility index (Phi) is 8.78. The monoisotopic (exact) mass is 608 g/mol. The Morgan fingerprint density at radius 1 is 1.28 bits per heavy atom. The van der Waals surface area contributed by atoms with Gasteiger partial charge in [0.2, 0.25) is 0 Å². The van der Waals surface area contributed by atoms with Crippen LogP contribution >= 0.6 is 27.3 Å². The molecule has 1 aliphatic heterocycles. The molecule has 0 bridgehead atoms.